The minimum Gasteiger partial charge on any atom is -0.466 e. The molecule has 0 rings (SSSR count). The van der Waals surface area contributed by atoms with Crippen LogP contribution >= 0.6 is 0 Å². The van der Waals surface area contributed by atoms with Gasteiger partial charge < -0.3 is 9.47 Å². The van der Waals surface area contributed by atoms with Gasteiger partial charge in [0.15, 0.2) is 0 Å². The first-order valence-electron chi connectivity index (χ1n) is 5.31. The van der Waals surface area contributed by atoms with Crippen molar-refractivity contribution in [3.05, 3.63) is 0 Å². The third-order valence-electron chi connectivity index (χ3n) is 0.960. The van der Waals surface area contributed by atoms with Crippen molar-refractivity contribution in [2.75, 3.05) is 6.61 Å². The minimum absolute atomic E-state index is 0. The number of hydrogen-bond acceptors (Lipinski definition) is 3. The number of carbonyl (C=O) groups is 1. The number of ether oxygens (including phenoxy) is 2. The van der Waals surface area contributed by atoms with E-state index >= 15 is 0 Å². The molecular weight excluding hydrogens is 204 g/mol. The zero-order chi connectivity index (χ0) is 12.7. The summed E-state index contributed by atoms with van der Waals surface area (Å²) in [6, 6.07) is 0. The predicted molar refractivity (Wildman–Crippen MR) is 69.6 cm³/mol. The van der Waals surface area contributed by atoms with Crippen LogP contribution in [-0.2, 0) is 14.3 Å². The maximum Gasteiger partial charge on any atom is 0.302 e. The van der Waals surface area contributed by atoms with Crippen LogP contribution in [0, 0.1) is 0 Å². The fourth-order valence-corrected chi connectivity index (χ4v) is 1.12. The van der Waals surface area contributed by atoms with Gasteiger partial charge in [0.25, 0.3) is 0 Å². The smallest absolute Gasteiger partial charge is 0.302 e. The molecule has 0 radical (unpaired) electrons. The lowest BCUT2D eigenvalue weighted by molar-refractivity contribution is -0.140. The summed E-state index contributed by atoms with van der Waals surface area (Å²) in [5, 5.41) is 0. The molecule has 0 bridgehead atoms. The maximum absolute atomic E-state index is 9.82. The van der Waals surface area contributed by atoms with Gasteiger partial charge in [-0.1, -0.05) is 7.43 Å². The van der Waals surface area contributed by atoms with Crippen LogP contribution in [0.2, 0.25) is 0 Å². The zero-order valence-electron chi connectivity index (χ0n) is 11.4. The van der Waals surface area contributed by atoms with Gasteiger partial charge in [-0.15, -0.1) is 0 Å². The molecule has 0 fully saturated rings. The van der Waals surface area contributed by atoms with Crippen molar-refractivity contribution in [1.82, 2.24) is 0 Å². The highest BCUT2D eigenvalue weighted by Gasteiger charge is 2.19. The lowest BCUT2D eigenvalue weighted by Crippen LogP contribution is -2.31. The molecule has 0 heterocycles. The lowest BCUT2D eigenvalue weighted by atomic mass is 10.1. The molecule has 0 aliphatic rings. The Bertz CT molecular complexity index is 161. The van der Waals surface area contributed by atoms with Gasteiger partial charge in [0, 0.05) is 6.92 Å². The third kappa shape index (κ3) is 29.2. The van der Waals surface area contributed by atoms with Crippen LogP contribution in [0.25, 0.3) is 0 Å². The number of hydrogen-bond donors (Lipinski definition) is 0. The molecule has 3 heteroatoms. The molecule has 0 amide bonds. The summed E-state index contributed by atoms with van der Waals surface area (Å²) in [7, 11) is 0. The van der Waals surface area contributed by atoms with Gasteiger partial charge in [-0.3, -0.25) is 4.79 Å². The molecule has 0 aliphatic carbocycles. The predicted octanol–water partition coefficient (Wildman–Crippen LogP) is 3.81. The van der Waals surface area contributed by atoms with Crippen molar-refractivity contribution in [2.24, 2.45) is 0 Å². The Kier molecular flexibility index (Phi) is 11.1. The number of carbonyl (C=O) groups excluding carboxylic acids is 1. The highest BCUT2D eigenvalue weighted by molar-refractivity contribution is 5.65. The molecule has 0 saturated heterocycles. The highest BCUT2D eigenvalue weighted by atomic mass is 16.5. The minimum atomic E-state index is -0.211. The molecule has 0 N–H and O–H groups in total. The summed E-state index contributed by atoms with van der Waals surface area (Å²) in [5.74, 6) is -0.211. The van der Waals surface area contributed by atoms with Gasteiger partial charge in [0.05, 0.1) is 17.8 Å². The molecule has 0 spiro atoms. The summed E-state index contributed by atoms with van der Waals surface area (Å²) in [5.41, 5.74) is -0.0312. The van der Waals surface area contributed by atoms with Crippen molar-refractivity contribution >= 4 is 5.97 Å². The highest BCUT2D eigenvalue weighted by Crippen LogP contribution is 2.17. The lowest BCUT2D eigenvalue weighted by Gasteiger charge is -2.30. The Labute approximate surface area is 102 Å². The zero-order valence-corrected chi connectivity index (χ0v) is 11.4. The van der Waals surface area contributed by atoms with E-state index in [1.54, 1.807) is 6.92 Å². The van der Waals surface area contributed by atoms with Crippen LogP contribution in [0.3, 0.4) is 0 Å². The molecular formula is C13H30O3. The molecule has 3 nitrogen and oxygen atoms in total. The van der Waals surface area contributed by atoms with E-state index in [1.165, 1.54) is 6.92 Å². The molecule has 0 aromatic carbocycles. The number of esters is 1. The average molecular weight is 234 g/mol. The summed E-state index contributed by atoms with van der Waals surface area (Å²) < 4.78 is 10.0. The molecule has 100 valence electrons. The van der Waals surface area contributed by atoms with E-state index in [0.29, 0.717) is 6.61 Å². The van der Waals surface area contributed by atoms with Crippen LogP contribution in [0.1, 0.15) is 62.8 Å². The quantitative estimate of drug-likeness (QED) is 0.647. The second-order valence-corrected chi connectivity index (χ2v) is 5.25. The van der Waals surface area contributed by atoms with Gasteiger partial charge in [-0.2, -0.15) is 0 Å². The Morgan fingerprint density at radius 2 is 1.31 bits per heavy atom. The molecule has 0 aromatic heterocycles. The van der Waals surface area contributed by atoms with Gasteiger partial charge in [0.1, 0.15) is 0 Å². The molecule has 0 aliphatic heterocycles. The molecule has 0 aromatic rings. The summed E-state index contributed by atoms with van der Waals surface area (Å²) >= 11 is 0. The summed E-state index contributed by atoms with van der Waals surface area (Å²) in [6.45, 7) is 16.1. The Balaban J connectivity index is -0.000000214. The van der Waals surface area contributed by atoms with E-state index in [9.17, 15) is 4.79 Å². The maximum atomic E-state index is 9.82. The van der Waals surface area contributed by atoms with Crippen molar-refractivity contribution in [3.63, 3.8) is 0 Å². The first-order chi connectivity index (χ1) is 6.48. The fourth-order valence-electron chi connectivity index (χ4n) is 1.12. The molecule has 16 heavy (non-hydrogen) atoms. The van der Waals surface area contributed by atoms with Crippen LogP contribution in [0.15, 0.2) is 0 Å². The van der Waals surface area contributed by atoms with Crippen LogP contribution < -0.4 is 0 Å². The molecule has 0 unspecified atom stereocenters. The van der Waals surface area contributed by atoms with Crippen molar-refractivity contribution in [2.45, 2.75) is 74.0 Å². The van der Waals surface area contributed by atoms with E-state index in [4.69, 9.17) is 4.74 Å². The van der Waals surface area contributed by atoms with Gasteiger partial charge in [-0.25, -0.2) is 0 Å². The largest absolute Gasteiger partial charge is 0.466 e. The molecule has 0 atom stereocenters. The Hall–Kier alpha value is -0.570. The van der Waals surface area contributed by atoms with Crippen molar-refractivity contribution < 1.29 is 14.3 Å². The van der Waals surface area contributed by atoms with E-state index in [2.05, 4.69) is 46.3 Å². The second kappa shape index (κ2) is 8.57. The van der Waals surface area contributed by atoms with Crippen LogP contribution in [0.5, 0.6) is 0 Å². The van der Waals surface area contributed by atoms with E-state index in [0.717, 1.165) is 0 Å². The first kappa shape index (κ1) is 20.8. The standard InChI is InChI=1S/C8H18O.C4H8O2.CH4/c1-7(2,3)9-8(4,5)6;1-3-6-4(2)5;/h1-6H3;3H2,1-2H3;1H4. The third-order valence-corrected chi connectivity index (χ3v) is 0.960. The van der Waals surface area contributed by atoms with Crippen LogP contribution in [0.4, 0.5) is 0 Å². The van der Waals surface area contributed by atoms with Gasteiger partial charge in [-0.05, 0) is 48.5 Å². The SMILES string of the molecule is C.CC(C)(C)OC(C)(C)C.CCOC(C)=O. The second-order valence-electron chi connectivity index (χ2n) is 5.25. The van der Waals surface area contributed by atoms with Gasteiger partial charge in [0.2, 0.25) is 0 Å². The topological polar surface area (TPSA) is 35.5 Å². The van der Waals surface area contributed by atoms with Gasteiger partial charge >= 0.3 is 5.97 Å². The molecule has 0 saturated carbocycles. The first-order valence-corrected chi connectivity index (χ1v) is 5.31. The Morgan fingerprint density at radius 1 is 1.00 bits per heavy atom. The summed E-state index contributed by atoms with van der Waals surface area (Å²) in [4.78, 5) is 9.82. The number of rotatable bonds is 1. The monoisotopic (exact) mass is 234 g/mol. The van der Waals surface area contributed by atoms with Crippen LogP contribution in [-0.4, -0.2) is 23.8 Å². The van der Waals surface area contributed by atoms with E-state index in [1.807, 2.05) is 0 Å². The Morgan fingerprint density at radius 3 is 1.31 bits per heavy atom. The fraction of sp³-hybridized carbons (Fsp3) is 0.923. The normalized spacial score (nSPS) is 10.8. The van der Waals surface area contributed by atoms with Crippen molar-refractivity contribution in [1.29, 1.82) is 0 Å². The summed E-state index contributed by atoms with van der Waals surface area (Å²) in [6.07, 6.45) is 0. The van der Waals surface area contributed by atoms with E-state index in [-0.39, 0.29) is 24.6 Å². The van der Waals surface area contributed by atoms with E-state index < -0.39 is 0 Å². The average Bonchev–Trinajstić information content (AvgIpc) is 1.77. The van der Waals surface area contributed by atoms with Crippen molar-refractivity contribution in [3.8, 4) is 0 Å².